The van der Waals surface area contributed by atoms with Gasteiger partial charge in [-0.3, -0.25) is 4.90 Å². The predicted octanol–water partition coefficient (Wildman–Crippen LogP) is 3.09. The molecule has 1 aliphatic rings. The number of aromatic nitrogens is 3. The number of nitrogens with zero attached hydrogens (tertiary/aromatic N) is 5. The van der Waals surface area contributed by atoms with E-state index in [2.05, 4.69) is 33.5 Å². The highest BCUT2D eigenvalue weighted by atomic mass is 32.1. The first-order valence-electron chi connectivity index (χ1n) is 9.68. The van der Waals surface area contributed by atoms with Crippen LogP contribution >= 0.6 is 22.7 Å². The van der Waals surface area contributed by atoms with Crippen molar-refractivity contribution in [2.24, 2.45) is 5.73 Å². The highest BCUT2D eigenvalue weighted by Crippen LogP contribution is 2.35. The fourth-order valence-corrected chi connectivity index (χ4v) is 5.07. The molecule has 0 aliphatic carbocycles. The zero-order valence-electron chi connectivity index (χ0n) is 16.1. The van der Waals surface area contributed by atoms with E-state index < -0.39 is 6.17 Å². The van der Waals surface area contributed by atoms with E-state index in [0.717, 1.165) is 64.8 Å². The van der Waals surface area contributed by atoms with E-state index in [1.54, 1.807) is 22.7 Å². The Balaban J connectivity index is 1.51. The van der Waals surface area contributed by atoms with Gasteiger partial charge >= 0.3 is 0 Å². The Hall–Kier alpha value is -2.72. The summed E-state index contributed by atoms with van der Waals surface area (Å²) >= 11 is 3.31. The lowest BCUT2D eigenvalue weighted by atomic mass is 10.2. The number of anilines is 1. The summed E-state index contributed by atoms with van der Waals surface area (Å²) in [5.74, 6) is 0. The number of hydrogen-bond acceptors (Lipinski definition) is 9. The van der Waals surface area contributed by atoms with E-state index in [1.165, 1.54) is 0 Å². The van der Waals surface area contributed by atoms with Gasteiger partial charge in [0, 0.05) is 26.2 Å². The van der Waals surface area contributed by atoms with Gasteiger partial charge in [0.1, 0.15) is 23.1 Å². The quantitative estimate of drug-likeness (QED) is 0.481. The largest absolute Gasteiger partial charge is 0.368 e. The van der Waals surface area contributed by atoms with Crippen LogP contribution in [-0.2, 0) is 4.79 Å². The topological polar surface area (TPSA) is 88.2 Å². The second-order valence-corrected chi connectivity index (χ2v) is 8.96. The Morgan fingerprint density at radius 2 is 1.67 bits per heavy atom. The summed E-state index contributed by atoms with van der Waals surface area (Å²) in [6.07, 6.45) is 2.12. The Morgan fingerprint density at radius 1 is 1.00 bits per heavy atom. The Bertz CT molecular complexity index is 1150. The summed E-state index contributed by atoms with van der Waals surface area (Å²) in [6, 6.07) is 10.2. The van der Waals surface area contributed by atoms with Crippen LogP contribution in [0.15, 0.2) is 47.3 Å². The highest BCUT2D eigenvalue weighted by Gasteiger charge is 2.22. The number of fused-ring (bicyclic) bond motifs is 1. The molecule has 1 fully saturated rings. The van der Waals surface area contributed by atoms with Gasteiger partial charge in [0.05, 0.1) is 21.6 Å². The van der Waals surface area contributed by atoms with Crippen LogP contribution in [0.3, 0.4) is 0 Å². The van der Waals surface area contributed by atoms with Crippen molar-refractivity contribution < 1.29 is 4.79 Å². The molecular weight excluding hydrogens is 416 g/mol. The fourth-order valence-electron chi connectivity index (χ4n) is 3.64. The molecular formula is C21H20N6OS2. The molecule has 7 nitrogen and oxygen atoms in total. The number of hydrogen-bond donors (Lipinski definition) is 1. The van der Waals surface area contributed by atoms with E-state index in [0.29, 0.717) is 5.65 Å². The monoisotopic (exact) mass is 436 g/mol. The lowest BCUT2D eigenvalue weighted by Gasteiger charge is -2.37. The van der Waals surface area contributed by atoms with Crippen molar-refractivity contribution in [3.05, 3.63) is 47.3 Å². The van der Waals surface area contributed by atoms with Gasteiger partial charge in [-0.15, -0.1) is 22.7 Å². The molecule has 0 radical (unpaired) electrons. The van der Waals surface area contributed by atoms with Gasteiger partial charge in [-0.1, -0.05) is 12.1 Å². The van der Waals surface area contributed by atoms with E-state index in [1.807, 2.05) is 28.6 Å². The van der Waals surface area contributed by atoms with Gasteiger partial charge in [0.2, 0.25) is 0 Å². The molecule has 1 atom stereocenters. The highest BCUT2D eigenvalue weighted by molar-refractivity contribution is 7.14. The minimum atomic E-state index is -0.531. The molecule has 30 heavy (non-hydrogen) atoms. The fraction of sp³-hybridized carbons (Fsp3) is 0.238. The van der Waals surface area contributed by atoms with E-state index in [9.17, 15) is 4.79 Å². The van der Waals surface area contributed by atoms with Gasteiger partial charge in [-0.2, -0.15) is 0 Å². The number of carbonyl (C=O) groups is 1. The molecule has 152 valence electrons. The van der Waals surface area contributed by atoms with Crippen LogP contribution in [0.25, 0.3) is 32.3 Å². The van der Waals surface area contributed by atoms with Crippen molar-refractivity contribution in [2.45, 2.75) is 6.17 Å². The minimum absolute atomic E-state index is 0.531. The predicted molar refractivity (Wildman–Crippen MR) is 122 cm³/mol. The van der Waals surface area contributed by atoms with Gasteiger partial charge < -0.3 is 15.4 Å². The van der Waals surface area contributed by atoms with Crippen LogP contribution in [0, 0.1) is 0 Å². The molecule has 4 aromatic heterocycles. The third-order valence-electron chi connectivity index (χ3n) is 5.26. The Morgan fingerprint density at radius 3 is 2.27 bits per heavy atom. The molecule has 0 spiro atoms. The normalized spacial score (nSPS) is 16.1. The van der Waals surface area contributed by atoms with E-state index in [4.69, 9.17) is 15.7 Å². The smallest absolute Gasteiger partial charge is 0.178 e. The van der Waals surface area contributed by atoms with Gasteiger partial charge in [-0.25, -0.2) is 15.0 Å². The Kier molecular flexibility index (Phi) is 5.26. The molecule has 1 aliphatic heterocycles. The van der Waals surface area contributed by atoms with Crippen LogP contribution in [0.2, 0.25) is 0 Å². The SMILES string of the molecule is NC(C=O)N1CCN(c2cnc3nc(-c4cccs4)c(-c4cccs4)nc3c2)CC1. The van der Waals surface area contributed by atoms with Gasteiger partial charge in [0.25, 0.3) is 0 Å². The standard InChI is InChI=1S/C21H20N6OS2/c22-18(13-28)27-7-5-26(6-8-27)14-11-15-21(23-12-14)25-20(17-4-2-10-30-17)19(24-15)16-3-1-9-29-16/h1-4,9-13,18H,5-8,22H2. The minimum Gasteiger partial charge on any atom is -0.368 e. The summed E-state index contributed by atoms with van der Waals surface area (Å²) < 4.78 is 0. The molecule has 2 N–H and O–H groups in total. The first kappa shape index (κ1) is 19.3. The number of carbonyl (C=O) groups excluding carboxylic acids is 1. The van der Waals surface area contributed by atoms with Crippen LogP contribution in [0.1, 0.15) is 0 Å². The molecule has 0 saturated carbocycles. The number of thiophene rings is 2. The number of piperazine rings is 1. The Labute approximate surface area is 181 Å². The van der Waals surface area contributed by atoms with Crippen molar-refractivity contribution in [1.29, 1.82) is 0 Å². The molecule has 0 amide bonds. The van der Waals surface area contributed by atoms with Gasteiger partial charge in [-0.05, 0) is 29.0 Å². The summed E-state index contributed by atoms with van der Waals surface area (Å²) in [7, 11) is 0. The van der Waals surface area contributed by atoms with E-state index in [-0.39, 0.29) is 0 Å². The molecule has 0 bridgehead atoms. The summed E-state index contributed by atoms with van der Waals surface area (Å²) in [6.45, 7) is 3.04. The second kappa shape index (κ2) is 8.19. The third-order valence-corrected chi connectivity index (χ3v) is 7.01. The molecule has 4 aromatic rings. The van der Waals surface area contributed by atoms with Crippen molar-refractivity contribution in [3.8, 4) is 21.1 Å². The molecule has 1 saturated heterocycles. The average molecular weight is 437 g/mol. The molecule has 9 heteroatoms. The maximum atomic E-state index is 10.9. The maximum absolute atomic E-state index is 10.9. The average Bonchev–Trinajstić information content (AvgIpc) is 3.52. The first-order chi connectivity index (χ1) is 14.7. The lowest BCUT2D eigenvalue weighted by Crippen LogP contribution is -2.54. The number of rotatable bonds is 5. The maximum Gasteiger partial charge on any atom is 0.178 e. The zero-order valence-corrected chi connectivity index (χ0v) is 17.8. The van der Waals surface area contributed by atoms with E-state index >= 15 is 0 Å². The zero-order chi connectivity index (χ0) is 20.5. The van der Waals surface area contributed by atoms with Crippen molar-refractivity contribution in [2.75, 3.05) is 31.1 Å². The molecule has 0 aromatic carbocycles. The lowest BCUT2D eigenvalue weighted by molar-refractivity contribution is -0.112. The molecule has 5 heterocycles. The first-order valence-corrected chi connectivity index (χ1v) is 11.4. The second-order valence-electron chi connectivity index (χ2n) is 7.06. The van der Waals surface area contributed by atoms with Crippen molar-refractivity contribution >= 4 is 45.8 Å². The van der Waals surface area contributed by atoms with Crippen molar-refractivity contribution in [3.63, 3.8) is 0 Å². The van der Waals surface area contributed by atoms with Gasteiger partial charge in [0.15, 0.2) is 11.9 Å². The number of nitrogens with two attached hydrogens (primary N) is 1. The summed E-state index contributed by atoms with van der Waals surface area (Å²) in [5.41, 5.74) is 10.0. The van der Waals surface area contributed by atoms with Crippen LogP contribution < -0.4 is 10.6 Å². The molecule has 1 unspecified atom stereocenters. The number of pyridine rings is 1. The van der Waals surface area contributed by atoms with Crippen LogP contribution in [0.5, 0.6) is 0 Å². The third kappa shape index (κ3) is 3.61. The van der Waals surface area contributed by atoms with Crippen LogP contribution in [-0.4, -0.2) is 58.5 Å². The van der Waals surface area contributed by atoms with Crippen molar-refractivity contribution in [1.82, 2.24) is 19.9 Å². The molecule has 5 rings (SSSR count). The summed E-state index contributed by atoms with van der Waals surface area (Å²) in [4.78, 5) is 31.8. The van der Waals surface area contributed by atoms with Crippen LogP contribution in [0.4, 0.5) is 5.69 Å². The summed E-state index contributed by atoms with van der Waals surface area (Å²) in [5, 5.41) is 4.10. The number of aldehydes is 1.